The van der Waals surface area contributed by atoms with E-state index in [1.54, 1.807) is 30.3 Å². The molecule has 0 aliphatic heterocycles. The van der Waals surface area contributed by atoms with Gasteiger partial charge in [-0.25, -0.2) is 4.79 Å². The van der Waals surface area contributed by atoms with Gasteiger partial charge in [-0.3, -0.25) is 0 Å². The molecule has 0 amide bonds. The SMILES string of the molecule is CCCCCCCCCCOc1ccc(C(=O)ON=C2CCCc3c2ccc(O)c3C)cc1. The van der Waals surface area contributed by atoms with E-state index in [0.717, 1.165) is 53.8 Å². The van der Waals surface area contributed by atoms with Gasteiger partial charge in [-0.15, -0.1) is 0 Å². The fourth-order valence-electron chi connectivity index (χ4n) is 4.26. The summed E-state index contributed by atoms with van der Waals surface area (Å²) in [5.74, 6) is 0.564. The lowest BCUT2D eigenvalue weighted by molar-refractivity contribution is 0.0515. The van der Waals surface area contributed by atoms with Crippen LogP contribution in [0.1, 0.15) is 98.2 Å². The summed E-state index contributed by atoms with van der Waals surface area (Å²) in [5, 5.41) is 14.1. The van der Waals surface area contributed by atoms with Gasteiger partial charge >= 0.3 is 5.97 Å². The standard InChI is InChI=1S/C28H37NO4/c1-3-4-5-6-7-8-9-10-20-32-23-16-14-22(15-17-23)28(31)33-29-26-13-11-12-24-21(2)27(30)19-18-25(24)26/h14-19,30H,3-13,20H2,1-2H3. The fourth-order valence-corrected chi connectivity index (χ4v) is 4.26. The highest BCUT2D eigenvalue weighted by Crippen LogP contribution is 2.30. The topological polar surface area (TPSA) is 68.1 Å². The van der Waals surface area contributed by atoms with Gasteiger partial charge in [0.15, 0.2) is 0 Å². The number of phenolic OH excluding ortho intramolecular Hbond substituents is 1. The Kier molecular flexibility index (Phi) is 9.79. The molecule has 1 N–H and O–H groups in total. The van der Waals surface area contributed by atoms with Crippen molar-refractivity contribution in [2.75, 3.05) is 6.61 Å². The lowest BCUT2D eigenvalue weighted by Gasteiger charge is -2.19. The van der Waals surface area contributed by atoms with Crippen LogP contribution in [0.2, 0.25) is 0 Å². The molecule has 5 nitrogen and oxygen atoms in total. The predicted molar refractivity (Wildman–Crippen MR) is 132 cm³/mol. The summed E-state index contributed by atoms with van der Waals surface area (Å²) in [4.78, 5) is 17.7. The summed E-state index contributed by atoms with van der Waals surface area (Å²) >= 11 is 0. The summed E-state index contributed by atoms with van der Waals surface area (Å²) in [6, 6.07) is 10.5. The first-order valence-corrected chi connectivity index (χ1v) is 12.4. The number of oxime groups is 1. The molecule has 1 aliphatic rings. The van der Waals surface area contributed by atoms with Crippen molar-refractivity contribution < 1.29 is 19.5 Å². The van der Waals surface area contributed by atoms with Gasteiger partial charge < -0.3 is 14.7 Å². The molecular formula is C28H37NO4. The van der Waals surface area contributed by atoms with Gasteiger partial charge in [0.2, 0.25) is 0 Å². The summed E-state index contributed by atoms with van der Waals surface area (Å²) in [7, 11) is 0. The molecule has 1 aliphatic carbocycles. The Morgan fingerprint density at radius 3 is 2.36 bits per heavy atom. The maximum absolute atomic E-state index is 12.4. The second kappa shape index (κ2) is 13.0. The highest BCUT2D eigenvalue weighted by Gasteiger charge is 2.20. The van der Waals surface area contributed by atoms with E-state index in [2.05, 4.69) is 12.1 Å². The van der Waals surface area contributed by atoms with Gasteiger partial charge in [-0.05, 0) is 80.1 Å². The molecule has 0 bridgehead atoms. The van der Waals surface area contributed by atoms with E-state index in [-0.39, 0.29) is 5.75 Å². The van der Waals surface area contributed by atoms with Crippen molar-refractivity contribution in [3.8, 4) is 11.5 Å². The molecular weight excluding hydrogens is 414 g/mol. The third-order valence-corrected chi connectivity index (χ3v) is 6.32. The van der Waals surface area contributed by atoms with Crippen LogP contribution in [0.5, 0.6) is 11.5 Å². The maximum atomic E-state index is 12.4. The van der Waals surface area contributed by atoms with Crippen LogP contribution in [0, 0.1) is 6.92 Å². The lowest BCUT2D eigenvalue weighted by atomic mass is 9.87. The minimum absolute atomic E-state index is 0.289. The number of aromatic hydroxyl groups is 1. The van der Waals surface area contributed by atoms with E-state index in [0.29, 0.717) is 12.2 Å². The van der Waals surface area contributed by atoms with Crippen molar-refractivity contribution in [3.63, 3.8) is 0 Å². The van der Waals surface area contributed by atoms with Crippen LogP contribution < -0.4 is 4.74 Å². The van der Waals surface area contributed by atoms with E-state index in [9.17, 15) is 9.90 Å². The first-order valence-electron chi connectivity index (χ1n) is 12.4. The van der Waals surface area contributed by atoms with Crippen molar-refractivity contribution in [1.82, 2.24) is 0 Å². The minimum atomic E-state index is -0.486. The van der Waals surface area contributed by atoms with Gasteiger partial charge in [0, 0.05) is 5.56 Å². The molecule has 5 heteroatoms. The largest absolute Gasteiger partial charge is 0.508 e. The third-order valence-electron chi connectivity index (χ3n) is 6.32. The second-order valence-electron chi connectivity index (χ2n) is 8.85. The molecule has 2 aromatic rings. The second-order valence-corrected chi connectivity index (χ2v) is 8.85. The average Bonchev–Trinajstić information content (AvgIpc) is 2.84. The predicted octanol–water partition coefficient (Wildman–Crippen LogP) is 7.12. The summed E-state index contributed by atoms with van der Waals surface area (Å²) in [6.45, 7) is 4.84. The van der Waals surface area contributed by atoms with Crippen molar-refractivity contribution in [1.29, 1.82) is 0 Å². The molecule has 33 heavy (non-hydrogen) atoms. The highest BCUT2D eigenvalue weighted by molar-refractivity contribution is 6.03. The lowest BCUT2D eigenvalue weighted by Crippen LogP contribution is -2.14. The van der Waals surface area contributed by atoms with Crippen molar-refractivity contribution >= 4 is 11.7 Å². The van der Waals surface area contributed by atoms with E-state index in [1.165, 1.54) is 44.9 Å². The Labute approximate surface area is 197 Å². The van der Waals surface area contributed by atoms with Gasteiger partial charge in [-0.1, -0.05) is 57.0 Å². The number of ether oxygens (including phenoxy) is 1. The molecule has 0 atom stereocenters. The number of carbonyl (C=O) groups excluding carboxylic acids is 1. The molecule has 0 heterocycles. The Hall–Kier alpha value is -2.82. The number of carbonyl (C=O) groups is 1. The minimum Gasteiger partial charge on any atom is -0.508 e. The summed E-state index contributed by atoms with van der Waals surface area (Å²) < 4.78 is 5.80. The van der Waals surface area contributed by atoms with Crippen LogP contribution in [0.4, 0.5) is 0 Å². The Bertz CT molecular complexity index is 934. The number of benzene rings is 2. The van der Waals surface area contributed by atoms with Crippen LogP contribution in [0.3, 0.4) is 0 Å². The summed E-state index contributed by atoms with van der Waals surface area (Å²) in [5.41, 5.74) is 4.09. The Morgan fingerprint density at radius 1 is 0.939 bits per heavy atom. The van der Waals surface area contributed by atoms with Crippen LogP contribution in [-0.4, -0.2) is 23.4 Å². The smallest absolute Gasteiger partial charge is 0.365 e. The quantitative estimate of drug-likeness (QED) is 0.212. The van der Waals surface area contributed by atoms with Crippen LogP contribution in [0.25, 0.3) is 0 Å². The third kappa shape index (κ3) is 7.34. The molecule has 0 unspecified atom stereocenters. The number of hydrogen-bond acceptors (Lipinski definition) is 5. The normalized spacial score (nSPS) is 14.2. The van der Waals surface area contributed by atoms with Crippen LogP contribution >= 0.6 is 0 Å². The Balaban J connectivity index is 1.43. The van der Waals surface area contributed by atoms with Gasteiger partial charge in [0.1, 0.15) is 11.5 Å². The molecule has 0 spiro atoms. The number of fused-ring (bicyclic) bond motifs is 1. The van der Waals surface area contributed by atoms with Crippen molar-refractivity contribution in [2.45, 2.75) is 84.5 Å². The first-order chi connectivity index (χ1) is 16.1. The van der Waals surface area contributed by atoms with Crippen molar-refractivity contribution in [3.05, 3.63) is 58.7 Å². The first kappa shape index (κ1) is 24.8. The number of nitrogens with zero attached hydrogens (tertiary/aromatic N) is 1. The van der Waals surface area contributed by atoms with Crippen LogP contribution in [-0.2, 0) is 11.3 Å². The van der Waals surface area contributed by atoms with Gasteiger partial charge in [0.05, 0.1) is 17.9 Å². The maximum Gasteiger partial charge on any atom is 0.365 e. The number of hydrogen-bond donors (Lipinski definition) is 1. The zero-order valence-electron chi connectivity index (χ0n) is 20.1. The molecule has 178 valence electrons. The van der Waals surface area contributed by atoms with E-state index in [1.807, 2.05) is 13.0 Å². The Morgan fingerprint density at radius 2 is 1.64 bits per heavy atom. The highest BCUT2D eigenvalue weighted by atomic mass is 16.7. The number of unbranched alkanes of at least 4 members (excludes halogenated alkanes) is 7. The summed E-state index contributed by atoms with van der Waals surface area (Å²) in [6.07, 6.45) is 12.7. The van der Waals surface area contributed by atoms with E-state index >= 15 is 0 Å². The molecule has 2 aromatic carbocycles. The molecule has 0 fully saturated rings. The van der Waals surface area contributed by atoms with Crippen LogP contribution in [0.15, 0.2) is 41.6 Å². The molecule has 0 saturated heterocycles. The molecule has 0 radical (unpaired) electrons. The monoisotopic (exact) mass is 451 g/mol. The fraction of sp³-hybridized carbons (Fsp3) is 0.500. The molecule has 3 rings (SSSR count). The zero-order valence-corrected chi connectivity index (χ0v) is 20.1. The van der Waals surface area contributed by atoms with E-state index in [4.69, 9.17) is 9.57 Å². The van der Waals surface area contributed by atoms with Gasteiger partial charge in [-0.2, -0.15) is 0 Å². The molecule has 0 saturated carbocycles. The van der Waals surface area contributed by atoms with Crippen molar-refractivity contribution in [2.24, 2.45) is 5.16 Å². The number of phenols is 1. The number of rotatable bonds is 12. The van der Waals surface area contributed by atoms with Gasteiger partial charge in [0.25, 0.3) is 0 Å². The molecule has 0 aromatic heterocycles. The van der Waals surface area contributed by atoms with E-state index < -0.39 is 5.97 Å². The zero-order chi connectivity index (χ0) is 23.5. The average molecular weight is 452 g/mol.